The Morgan fingerprint density at radius 1 is 1.43 bits per heavy atom. The molecule has 6 nitrogen and oxygen atoms in total. The second-order valence-corrected chi connectivity index (χ2v) is 4.90. The zero-order valence-electron chi connectivity index (χ0n) is 12.7. The van der Waals surface area contributed by atoms with Crippen molar-refractivity contribution in [2.45, 2.75) is 33.2 Å². The molecule has 1 rings (SSSR count). The molecule has 1 aromatic carbocycles. The van der Waals surface area contributed by atoms with Gasteiger partial charge in [0.15, 0.2) is 0 Å². The van der Waals surface area contributed by atoms with Crippen LogP contribution in [0.4, 0.5) is 5.69 Å². The van der Waals surface area contributed by atoms with Gasteiger partial charge in [-0.05, 0) is 31.9 Å². The number of benzene rings is 1. The highest BCUT2D eigenvalue weighted by molar-refractivity contribution is 5.43. The van der Waals surface area contributed by atoms with Crippen molar-refractivity contribution in [2.75, 3.05) is 19.8 Å². The first kappa shape index (κ1) is 17.4. The number of rotatable bonds is 10. The summed E-state index contributed by atoms with van der Waals surface area (Å²) in [5, 5.41) is 23.1. The van der Waals surface area contributed by atoms with Crippen LogP contribution < -0.4 is 10.1 Å². The lowest BCUT2D eigenvalue weighted by atomic mass is 10.0. The number of ether oxygens (including phenoxy) is 1. The normalized spacial score (nSPS) is 12.1. The predicted molar refractivity (Wildman–Crippen MR) is 81.5 cm³/mol. The Balaban J connectivity index is 2.70. The Labute approximate surface area is 125 Å². The van der Waals surface area contributed by atoms with Gasteiger partial charge in [-0.3, -0.25) is 10.1 Å². The molecule has 2 N–H and O–H groups in total. The molecule has 0 saturated heterocycles. The van der Waals surface area contributed by atoms with Gasteiger partial charge in [0.1, 0.15) is 5.75 Å². The molecular formula is C15H24N2O4. The van der Waals surface area contributed by atoms with Crippen LogP contribution >= 0.6 is 0 Å². The van der Waals surface area contributed by atoms with Gasteiger partial charge in [-0.15, -0.1) is 0 Å². The largest absolute Gasteiger partial charge is 0.494 e. The number of hydrogen-bond donors (Lipinski definition) is 2. The average molecular weight is 296 g/mol. The van der Waals surface area contributed by atoms with E-state index in [0.717, 1.165) is 24.9 Å². The molecule has 118 valence electrons. The van der Waals surface area contributed by atoms with E-state index in [0.29, 0.717) is 24.8 Å². The van der Waals surface area contributed by atoms with E-state index in [4.69, 9.17) is 9.84 Å². The zero-order chi connectivity index (χ0) is 15.7. The van der Waals surface area contributed by atoms with E-state index in [2.05, 4.69) is 12.2 Å². The van der Waals surface area contributed by atoms with Crippen LogP contribution in [-0.2, 0) is 6.54 Å². The van der Waals surface area contributed by atoms with E-state index in [1.165, 1.54) is 6.07 Å². The molecule has 0 amide bonds. The molecule has 1 unspecified atom stereocenters. The van der Waals surface area contributed by atoms with Gasteiger partial charge in [0.2, 0.25) is 0 Å². The summed E-state index contributed by atoms with van der Waals surface area (Å²) >= 11 is 0. The summed E-state index contributed by atoms with van der Waals surface area (Å²) in [6.45, 7) is 5.95. The monoisotopic (exact) mass is 296 g/mol. The van der Waals surface area contributed by atoms with Gasteiger partial charge in [-0.2, -0.15) is 0 Å². The molecule has 1 atom stereocenters. The molecule has 1 aromatic rings. The van der Waals surface area contributed by atoms with E-state index in [-0.39, 0.29) is 12.3 Å². The van der Waals surface area contributed by atoms with Gasteiger partial charge in [0.05, 0.1) is 11.5 Å². The van der Waals surface area contributed by atoms with Crippen LogP contribution in [0.2, 0.25) is 0 Å². The fraction of sp³-hybridized carbons (Fsp3) is 0.600. The minimum Gasteiger partial charge on any atom is -0.494 e. The highest BCUT2D eigenvalue weighted by atomic mass is 16.6. The Morgan fingerprint density at radius 3 is 2.76 bits per heavy atom. The molecule has 0 saturated carbocycles. The zero-order valence-corrected chi connectivity index (χ0v) is 12.7. The van der Waals surface area contributed by atoms with Crippen LogP contribution in [-0.4, -0.2) is 29.8 Å². The lowest BCUT2D eigenvalue weighted by Crippen LogP contribution is -2.23. The molecular weight excluding hydrogens is 272 g/mol. The molecule has 0 aromatic heterocycles. The second-order valence-electron chi connectivity index (χ2n) is 4.90. The lowest BCUT2D eigenvalue weighted by Gasteiger charge is -2.15. The molecule has 0 spiro atoms. The first-order valence-electron chi connectivity index (χ1n) is 7.34. The van der Waals surface area contributed by atoms with Crippen molar-refractivity contribution in [3.05, 3.63) is 33.9 Å². The molecule has 0 radical (unpaired) electrons. The summed E-state index contributed by atoms with van der Waals surface area (Å²) in [6, 6.07) is 4.64. The van der Waals surface area contributed by atoms with E-state index >= 15 is 0 Å². The molecule has 0 aliphatic heterocycles. The average Bonchev–Trinajstić information content (AvgIpc) is 2.47. The lowest BCUT2D eigenvalue weighted by molar-refractivity contribution is -0.384. The summed E-state index contributed by atoms with van der Waals surface area (Å²) in [6.07, 6.45) is 1.75. The third kappa shape index (κ3) is 5.69. The van der Waals surface area contributed by atoms with Crippen LogP contribution in [0.15, 0.2) is 18.2 Å². The summed E-state index contributed by atoms with van der Waals surface area (Å²) in [4.78, 5) is 10.4. The number of non-ortho nitro benzene ring substituents is 1. The van der Waals surface area contributed by atoms with Crippen molar-refractivity contribution in [3.63, 3.8) is 0 Å². The maximum absolute atomic E-state index is 10.9. The first-order chi connectivity index (χ1) is 10.1. The first-order valence-corrected chi connectivity index (χ1v) is 7.34. The van der Waals surface area contributed by atoms with Crippen molar-refractivity contribution in [1.29, 1.82) is 0 Å². The third-order valence-corrected chi connectivity index (χ3v) is 3.42. The second kappa shape index (κ2) is 9.31. The highest BCUT2D eigenvalue weighted by Crippen LogP contribution is 2.24. The fourth-order valence-corrected chi connectivity index (χ4v) is 2.16. The van der Waals surface area contributed by atoms with Crippen molar-refractivity contribution in [1.82, 2.24) is 5.32 Å². The topological polar surface area (TPSA) is 84.6 Å². The summed E-state index contributed by atoms with van der Waals surface area (Å²) in [5.74, 6) is 1.08. The quantitative estimate of drug-likeness (QED) is 0.512. The molecule has 0 fully saturated rings. The summed E-state index contributed by atoms with van der Waals surface area (Å²) in [7, 11) is 0. The highest BCUT2D eigenvalue weighted by Gasteiger charge is 2.12. The number of nitro groups is 1. The van der Waals surface area contributed by atoms with Gasteiger partial charge in [0.25, 0.3) is 5.69 Å². The van der Waals surface area contributed by atoms with Crippen molar-refractivity contribution < 1.29 is 14.8 Å². The van der Waals surface area contributed by atoms with Crippen LogP contribution in [0.1, 0.15) is 32.3 Å². The van der Waals surface area contributed by atoms with Gasteiger partial charge in [0, 0.05) is 30.8 Å². The minimum atomic E-state index is -0.403. The summed E-state index contributed by atoms with van der Waals surface area (Å²) < 4.78 is 5.50. The van der Waals surface area contributed by atoms with Crippen LogP contribution in [0.3, 0.4) is 0 Å². The SMILES string of the molecule is CCOc1ccc([N+](=O)[O-])cc1CNCC(CC)CCO. The molecule has 0 aliphatic rings. The Hall–Kier alpha value is -1.66. The summed E-state index contributed by atoms with van der Waals surface area (Å²) in [5.41, 5.74) is 0.850. The van der Waals surface area contributed by atoms with Gasteiger partial charge in [-0.25, -0.2) is 0 Å². The number of hydrogen-bond acceptors (Lipinski definition) is 5. The number of nitrogens with zero attached hydrogens (tertiary/aromatic N) is 1. The van der Waals surface area contributed by atoms with Gasteiger partial charge < -0.3 is 15.2 Å². The van der Waals surface area contributed by atoms with E-state index < -0.39 is 4.92 Å². The van der Waals surface area contributed by atoms with E-state index in [1.807, 2.05) is 6.92 Å². The fourth-order valence-electron chi connectivity index (χ4n) is 2.16. The molecule has 0 heterocycles. The van der Waals surface area contributed by atoms with Crippen molar-refractivity contribution in [2.24, 2.45) is 5.92 Å². The predicted octanol–water partition coefficient (Wildman–Crippen LogP) is 2.49. The Morgan fingerprint density at radius 2 is 2.19 bits per heavy atom. The molecule has 0 bridgehead atoms. The number of nitrogens with one attached hydrogen (secondary N) is 1. The van der Waals surface area contributed by atoms with Crippen molar-refractivity contribution in [3.8, 4) is 5.75 Å². The van der Waals surface area contributed by atoms with E-state index in [1.54, 1.807) is 12.1 Å². The maximum atomic E-state index is 10.9. The Bertz CT molecular complexity index is 451. The van der Waals surface area contributed by atoms with Crippen molar-refractivity contribution >= 4 is 5.69 Å². The van der Waals surface area contributed by atoms with Crippen LogP contribution in [0, 0.1) is 16.0 Å². The number of nitro benzene ring substituents is 1. The smallest absolute Gasteiger partial charge is 0.270 e. The minimum absolute atomic E-state index is 0.0673. The molecule has 21 heavy (non-hydrogen) atoms. The third-order valence-electron chi connectivity index (χ3n) is 3.42. The molecule has 0 aliphatic carbocycles. The molecule has 6 heteroatoms. The number of aliphatic hydroxyl groups excluding tert-OH is 1. The standard InChI is InChI=1S/C15H24N2O4/c1-3-12(7-8-18)10-16-11-13-9-14(17(19)20)5-6-15(13)21-4-2/h5-6,9,12,16,18H,3-4,7-8,10-11H2,1-2H3. The van der Waals surface area contributed by atoms with Crippen LogP contribution in [0.25, 0.3) is 0 Å². The van der Waals surface area contributed by atoms with Crippen LogP contribution in [0.5, 0.6) is 5.75 Å². The maximum Gasteiger partial charge on any atom is 0.270 e. The Kier molecular flexibility index (Phi) is 7.71. The van der Waals surface area contributed by atoms with E-state index in [9.17, 15) is 10.1 Å². The number of aliphatic hydroxyl groups is 1. The van der Waals surface area contributed by atoms with Gasteiger partial charge >= 0.3 is 0 Å². The van der Waals surface area contributed by atoms with Gasteiger partial charge in [-0.1, -0.05) is 13.3 Å².